The number of hydrogen-bond acceptors (Lipinski definition) is 4. The van der Waals surface area contributed by atoms with Crippen molar-refractivity contribution in [1.82, 2.24) is 9.62 Å². The summed E-state index contributed by atoms with van der Waals surface area (Å²) in [7, 11) is -3.47. The highest BCUT2D eigenvalue weighted by Gasteiger charge is 2.26. The van der Waals surface area contributed by atoms with Crippen LogP contribution in [0.2, 0.25) is 0 Å². The third-order valence-electron chi connectivity index (χ3n) is 2.95. The number of nitrogens with zero attached hydrogens (tertiary/aromatic N) is 1. The summed E-state index contributed by atoms with van der Waals surface area (Å²) < 4.78 is 25.7. The summed E-state index contributed by atoms with van der Waals surface area (Å²) in [6, 6.07) is 6.70. The SMILES string of the molecule is Nc1ccc(CS(=O)(=O)N2CCCNC(=O)C2)cc1. The maximum absolute atomic E-state index is 12.3. The Hall–Kier alpha value is -1.60. The smallest absolute Gasteiger partial charge is 0.235 e. The third-order valence-corrected chi connectivity index (χ3v) is 4.75. The minimum atomic E-state index is -3.47. The molecule has 1 saturated heterocycles. The van der Waals surface area contributed by atoms with Crippen molar-refractivity contribution in [2.24, 2.45) is 0 Å². The summed E-state index contributed by atoms with van der Waals surface area (Å²) in [5, 5.41) is 2.66. The van der Waals surface area contributed by atoms with Crippen molar-refractivity contribution >= 4 is 21.6 Å². The van der Waals surface area contributed by atoms with Crippen molar-refractivity contribution in [3.8, 4) is 0 Å². The average Bonchev–Trinajstić information content (AvgIpc) is 2.57. The van der Waals surface area contributed by atoms with E-state index in [1.165, 1.54) is 4.31 Å². The van der Waals surface area contributed by atoms with Gasteiger partial charge in [0.25, 0.3) is 0 Å². The maximum Gasteiger partial charge on any atom is 0.235 e. The number of benzene rings is 1. The summed E-state index contributed by atoms with van der Waals surface area (Å²) in [4.78, 5) is 11.4. The van der Waals surface area contributed by atoms with Crippen molar-refractivity contribution in [3.63, 3.8) is 0 Å². The maximum atomic E-state index is 12.3. The lowest BCUT2D eigenvalue weighted by molar-refractivity contribution is -0.120. The van der Waals surface area contributed by atoms with Gasteiger partial charge >= 0.3 is 0 Å². The fraction of sp³-hybridized carbons (Fsp3) is 0.417. The first kappa shape index (κ1) is 13.8. The minimum absolute atomic E-state index is 0.0999. The van der Waals surface area contributed by atoms with Crippen LogP contribution in [-0.4, -0.2) is 38.3 Å². The van der Waals surface area contributed by atoms with E-state index in [0.717, 1.165) is 0 Å². The molecule has 0 aliphatic carbocycles. The van der Waals surface area contributed by atoms with Crippen LogP contribution in [0.3, 0.4) is 0 Å². The lowest BCUT2D eigenvalue weighted by Crippen LogP contribution is -2.38. The van der Waals surface area contributed by atoms with Crippen molar-refractivity contribution in [1.29, 1.82) is 0 Å². The van der Waals surface area contributed by atoms with Crippen LogP contribution in [0.1, 0.15) is 12.0 Å². The fourth-order valence-electron chi connectivity index (χ4n) is 1.93. The number of nitrogen functional groups attached to an aromatic ring is 1. The van der Waals surface area contributed by atoms with Crippen LogP contribution in [0.5, 0.6) is 0 Å². The fourth-order valence-corrected chi connectivity index (χ4v) is 3.45. The topological polar surface area (TPSA) is 92.5 Å². The Morgan fingerprint density at radius 3 is 2.63 bits per heavy atom. The van der Waals surface area contributed by atoms with Crippen LogP contribution in [0.4, 0.5) is 5.69 Å². The largest absolute Gasteiger partial charge is 0.399 e. The lowest BCUT2D eigenvalue weighted by atomic mass is 10.2. The molecule has 1 aromatic rings. The monoisotopic (exact) mass is 283 g/mol. The molecule has 1 fully saturated rings. The van der Waals surface area contributed by atoms with Crippen LogP contribution >= 0.6 is 0 Å². The van der Waals surface area contributed by atoms with Crippen LogP contribution in [-0.2, 0) is 20.6 Å². The predicted molar refractivity (Wildman–Crippen MR) is 72.7 cm³/mol. The van der Waals surface area contributed by atoms with E-state index in [2.05, 4.69) is 5.32 Å². The molecule has 1 heterocycles. The highest BCUT2D eigenvalue weighted by atomic mass is 32.2. The standard InChI is InChI=1S/C12H17N3O3S/c13-11-4-2-10(3-5-11)9-19(17,18)15-7-1-6-14-12(16)8-15/h2-5H,1,6-9,13H2,(H,14,16). The molecule has 6 nitrogen and oxygen atoms in total. The Morgan fingerprint density at radius 1 is 1.26 bits per heavy atom. The van der Waals surface area contributed by atoms with Crippen molar-refractivity contribution < 1.29 is 13.2 Å². The van der Waals surface area contributed by atoms with E-state index in [-0.39, 0.29) is 18.2 Å². The summed E-state index contributed by atoms with van der Waals surface area (Å²) in [5.74, 6) is -0.362. The van der Waals surface area contributed by atoms with E-state index in [1.807, 2.05) is 0 Å². The van der Waals surface area contributed by atoms with Gasteiger partial charge in [-0.3, -0.25) is 4.79 Å². The number of carbonyl (C=O) groups is 1. The molecular formula is C12H17N3O3S. The van der Waals surface area contributed by atoms with Gasteiger partial charge in [-0.05, 0) is 24.1 Å². The summed E-state index contributed by atoms with van der Waals surface area (Å²) in [6.07, 6.45) is 0.632. The van der Waals surface area contributed by atoms with E-state index < -0.39 is 10.0 Å². The normalized spacial score (nSPS) is 17.8. The van der Waals surface area contributed by atoms with Crippen LogP contribution in [0, 0.1) is 0 Å². The molecule has 0 radical (unpaired) electrons. The summed E-state index contributed by atoms with van der Waals surface area (Å²) >= 11 is 0. The van der Waals surface area contributed by atoms with Gasteiger partial charge in [-0.25, -0.2) is 8.42 Å². The first-order chi connectivity index (χ1) is 8.97. The number of rotatable bonds is 3. The van der Waals surface area contributed by atoms with Crippen LogP contribution < -0.4 is 11.1 Å². The second kappa shape index (κ2) is 5.58. The molecule has 0 aromatic heterocycles. The van der Waals surface area contributed by atoms with Gasteiger partial charge in [-0.2, -0.15) is 4.31 Å². The lowest BCUT2D eigenvalue weighted by Gasteiger charge is -2.18. The van der Waals surface area contributed by atoms with E-state index in [0.29, 0.717) is 30.8 Å². The molecule has 104 valence electrons. The van der Waals surface area contributed by atoms with E-state index in [4.69, 9.17) is 5.73 Å². The van der Waals surface area contributed by atoms with Gasteiger partial charge in [0, 0.05) is 18.8 Å². The number of anilines is 1. The van der Waals surface area contributed by atoms with Gasteiger partial charge in [0.15, 0.2) is 0 Å². The summed E-state index contributed by atoms with van der Waals surface area (Å²) in [5.41, 5.74) is 6.82. The van der Waals surface area contributed by atoms with Crippen LogP contribution in [0.25, 0.3) is 0 Å². The molecule has 0 atom stereocenters. The molecule has 7 heteroatoms. The average molecular weight is 283 g/mol. The molecule has 1 aromatic carbocycles. The van der Waals surface area contributed by atoms with E-state index >= 15 is 0 Å². The number of hydrogen-bond donors (Lipinski definition) is 2. The van der Waals surface area contributed by atoms with E-state index in [9.17, 15) is 13.2 Å². The zero-order valence-corrected chi connectivity index (χ0v) is 11.3. The van der Waals surface area contributed by atoms with E-state index in [1.54, 1.807) is 24.3 Å². The molecule has 1 amide bonds. The molecule has 2 rings (SSSR count). The molecule has 0 unspecified atom stereocenters. The molecule has 0 spiro atoms. The highest BCUT2D eigenvalue weighted by Crippen LogP contribution is 2.14. The first-order valence-electron chi connectivity index (χ1n) is 6.06. The third kappa shape index (κ3) is 3.68. The Labute approximate surface area is 112 Å². The highest BCUT2D eigenvalue weighted by molar-refractivity contribution is 7.88. The van der Waals surface area contributed by atoms with Gasteiger partial charge in [-0.15, -0.1) is 0 Å². The van der Waals surface area contributed by atoms with Gasteiger partial charge in [0.05, 0.1) is 12.3 Å². The Kier molecular flexibility index (Phi) is 4.06. The van der Waals surface area contributed by atoms with Crippen molar-refractivity contribution in [2.75, 3.05) is 25.4 Å². The van der Waals surface area contributed by atoms with Crippen LogP contribution in [0.15, 0.2) is 24.3 Å². The predicted octanol–water partition coefficient (Wildman–Crippen LogP) is -0.0795. The number of nitrogens with two attached hydrogens (primary N) is 1. The number of amides is 1. The zero-order valence-electron chi connectivity index (χ0n) is 10.5. The Morgan fingerprint density at radius 2 is 1.95 bits per heavy atom. The molecule has 1 aliphatic heterocycles. The Bertz CT molecular complexity index is 554. The minimum Gasteiger partial charge on any atom is -0.399 e. The summed E-state index contributed by atoms with van der Waals surface area (Å²) in [6.45, 7) is 0.792. The Balaban J connectivity index is 2.12. The quantitative estimate of drug-likeness (QED) is 0.759. The molecule has 19 heavy (non-hydrogen) atoms. The first-order valence-corrected chi connectivity index (χ1v) is 7.67. The molecular weight excluding hydrogens is 266 g/mol. The van der Waals surface area contributed by atoms with Gasteiger partial charge in [0.1, 0.15) is 0 Å². The van der Waals surface area contributed by atoms with Gasteiger partial charge in [0.2, 0.25) is 15.9 Å². The van der Waals surface area contributed by atoms with Crippen molar-refractivity contribution in [2.45, 2.75) is 12.2 Å². The second-order valence-corrected chi connectivity index (χ2v) is 6.50. The number of nitrogens with one attached hydrogen (secondary N) is 1. The molecule has 3 N–H and O–H groups in total. The zero-order chi connectivity index (χ0) is 13.9. The number of sulfonamides is 1. The van der Waals surface area contributed by atoms with Gasteiger partial charge < -0.3 is 11.1 Å². The number of carbonyl (C=O) groups excluding carboxylic acids is 1. The second-order valence-electron chi connectivity index (χ2n) is 4.53. The molecule has 0 bridgehead atoms. The molecule has 1 aliphatic rings. The molecule has 0 saturated carbocycles. The van der Waals surface area contributed by atoms with Gasteiger partial charge in [-0.1, -0.05) is 12.1 Å². The van der Waals surface area contributed by atoms with Crippen molar-refractivity contribution in [3.05, 3.63) is 29.8 Å².